The number of aromatic nitrogens is 1. The third kappa shape index (κ3) is 4.28. The van der Waals surface area contributed by atoms with Gasteiger partial charge in [0.05, 0.1) is 14.2 Å². The van der Waals surface area contributed by atoms with Crippen LogP contribution in [0.3, 0.4) is 0 Å². The van der Waals surface area contributed by atoms with Gasteiger partial charge in [-0.25, -0.2) is 13.1 Å². The summed E-state index contributed by atoms with van der Waals surface area (Å²) in [4.78, 5) is 3.33. The minimum Gasteiger partial charge on any atom is -0.497 e. The van der Waals surface area contributed by atoms with E-state index < -0.39 is 10.0 Å². The predicted octanol–water partition coefficient (Wildman–Crippen LogP) is 4.30. The summed E-state index contributed by atoms with van der Waals surface area (Å²) in [5.74, 6) is 0.526. The normalized spacial score (nSPS) is 12.6. The number of hydrogen-bond acceptors (Lipinski definition) is 4. The molecular formula is C24H24N2O4S. The number of ether oxygens (including phenoxy) is 2. The lowest BCUT2D eigenvalue weighted by atomic mass is 9.91. The lowest BCUT2D eigenvalue weighted by Crippen LogP contribution is -2.29. The number of methoxy groups -OCH3 is 2. The Balaban J connectivity index is 1.70. The van der Waals surface area contributed by atoms with Gasteiger partial charge >= 0.3 is 0 Å². The third-order valence-corrected chi connectivity index (χ3v) is 6.78. The number of hydrogen-bond donors (Lipinski definition) is 2. The molecule has 0 saturated heterocycles. The van der Waals surface area contributed by atoms with Crippen LogP contribution in [0.1, 0.15) is 17.0 Å². The largest absolute Gasteiger partial charge is 0.497 e. The molecule has 0 aliphatic heterocycles. The van der Waals surface area contributed by atoms with Crippen molar-refractivity contribution in [3.63, 3.8) is 0 Å². The Morgan fingerprint density at radius 2 is 1.68 bits per heavy atom. The number of aromatic amines is 1. The molecule has 31 heavy (non-hydrogen) atoms. The molecule has 0 radical (unpaired) electrons. The second-order valence-corrected chi connectivity index (χ2v) is 8.86. The van der Waals surface area contributed by atoms with Crippen LogP contribution in [0.5, 0.6) is 11.5 Å². The van der Waals surface area contributed by atoms with Crippen LogP contribution in [-0.4, -0.2) is 34.2 Å². The van der Waals surface area contributed by atoms with Crippen LogP contribution in [-0.2, 0) is 10.0 Å². The van der Waals surface area contributed by atoms with Gasteiger partial charge in [-0.15, -0.1) is 0 Å². The molecule has 1 atom stereocenters. The van der Waals surface area contributed by atoms with E-state index in [1.54, 1.807) is 12.1 Å². The molecule has 0 spiro atoms. The Kier molecular flexibility index (Phi) is 5.97. The Labute approximate surface area is 181 Å². The minimum atomic E-state index is -3.85. The van der Waals surface area contributed by atoms with E-state index in [0.717, 1.165) is 22.0 Å². The molecule has 160 valence electrons. The van der Waals surface area contributed by atoms with Crippen molar-refractivity contribution >= 4 is 20.9 Å². The van der Waals surface area contributed by atoms with Crippen molar-refractivity contribution in [1.29, 1.82) is 0 Å². The lowest BCUT2D eigenvalue weighted by Gasteiger charge is -2.19. The molecule has 6 nitrogen and oxygen atoms in total. The van der Waals surface area contributed by atoms with Crippen LogP contribution in [0.4, 0.5) is 0 Å². The fourth-order valence-electron chi connectivity index (χ4n) is 3.74. The van der Waals surface area contributed by atoms with Gasteiger partial charge in [-0.3, -0.25) is 0 Å². The van der Waals surface area contributed by atoms with E-state index in [1.807, 2.05) is 60.8 Å². The molecule has 7 heteroatoms. The Morgan fingerprint density at radius 3 is 2.42 bits per heavy atom. The molecule has 0 fully saturated rings. The lowest BCUT2D eigenvalue weighted by molar-refractivity contribution is 0.392. The molecule has 1 aromatic heterocycles. The molecule has 0 aliphatic rings. The SMILES string of the molecule is COc1ccc(OC)c(S(=O)(=O)NC[C@H](c2ccccc2)c2c[nH]c3ccccc23)c1. The van der Waals surface area contributed by atoms with Gasteiger partial charge in [-0.1, -0.05) is 48.5 Å². The zero-order valence-electron chi connectivity index (χ0n) is 17.3. The Bertz CT molecular complexity index is 1280. The molecule has 4 aromatic rings. The fraction of sp³-hybridized carbons (Fsp3) is 0.167. The first kappa shape index (κ1) is 21.0. The number of sulfonamides is 1. The van der Waals surface area contributed by atoms with Crippen LogP contribution in [0.15, 0.2) is 83.9 Å². The van der Waals surface area contributed by atoms with Gasteiger partial charge in [0.25, 0.3) is 0 Å². The Hall–Kier alpha value is -3.29. The molecular weight excluding hydrogens is 412 g/mol. The molecule has 0 bridgehead atoms. The van der Waals surface area contributed by atoms with E-state index in [0.29, 0.717) is 5.75 Å². The number of rotatable bonds is 8. The predicted molar refractivity (Wildman–Crippen MR) is 121 cm³/mol. The Morgan fingerprint density at radius 1 is 0.935 bits per heavy atom. The van der Waals surface area contributed by atoms with Gasteiger partial charge < -0.3 is 14.5 Å². The van der Waals surface area contributed by atoms with E-state index >= 15 is 0 Å². The number of para-hydroxylation sites is 1. The van der Waals surface area contributed by atoms with Gasteiger partial charge in [0.15, 0.2) is 0 Å². The first-order valence-corrected chi connectivity index (χ1v) is 11.3. The van der Waals surface area contributed by atoms with Crippen molar-refractivity contribution in [2.75, 3.05) is 20.8 Å². The number of nitrogens with one attached hydrogen (secondary N) is 2. The smallest absolute Gasteiger partial charge is 0.244 e. The van der Waals surface area contributed by atoms with Crippen LogP contribution in [0.25, 0.3) is 10.9 Å². The van der Waals surface area contributed by atoms with Gasteiger partial charge in [-0.05, 0) is 29.3 Å². The topological polar surface area (TPSA) is 80.4 Å². The summed E-state index contributed by atoms with van der Waals surface area (Å²) in [5, 5.41) is 1.06. The summed E-state index contributed by atoms with van der Waals surface area (Å²) in [5.41, 5.74) is 3.06. The maximum absolute atomic E-state index is 13.2. The van der Waals surface area contributed by atoms with E-state index in [1.165, 1.54) is 20.3 Å². The highest BCUT2D eigenvalue weighted by atomic mass is 32.2. The third-order valence-electron chi connectivity index (χ3n) is 5.34. The van der Waals surface area contributed by atoms with E-state index in [2.05, 4.69) is 9.71 Å². The molecule has 0 unspecified atom stereocenters. The second kappa shape index (κ2) is 8.83. The van der Waals surface area contributed by atoms with Crippen molar-refractivity contribution in [2.24, 2.45) is 0 Å². The number of benzene rings is 3. The average Bonchev–Trinajstić information content (AvgIpc) is 3.23. The highest BCUT2D eigenvalue weighted by molar-refractivity contribution is 7.89. The average molecular weight is 437 g/mol. The van der Waals surface area contributed by atoms with Gasteiger partial charge in [0.1, 0.15) is 16.4 Å². The maximum atomic E-state index is 13.2. The molecule has 0 aliphatic carbocycles. The highest BCUT2D eigenvalue weighted by Gasteiger charge is 2.24. The van der Waals surface area contributed by atoms with Gasteiger partial charge in [0.2, 0.25) is 10.0 Å². The van der Waals surface area contributed by atoms with Gasteiger partial charge in [0, 0.05) is 35.6 Å². The van der Waals surface area contributed by atoms with Crippen molar-refractivity contribution in [3.8, 4) is 11.5 Å². The van der Waals surface area contributed by atoms with Gasteiger partial charge in [-0.2, -0.15) is 0 Å². The van der Waals surface area contributed by atoms with Crippen molar-refractivity contribution in [1.82, 2.24) is 9.71 Å². The molecule has 1 heterocycles. The summed E-state index contributed by atoms with van der Waals surface area (Å²) in [7, 11) is -0.910. The second-order valence-electron chi connectivity index (χ2n) is 7.12. The minimum absolute atomic E-state index is 0.0417. The standard InChI is InChI=1S/C24H24N2O4S/c1-29-18-12-13-23(30-2)24(14-18)31(27,28)26-16-20(17-8-4-3-5-9-17)21-15-25-22-11-7-6-10-19(21)22/h3-15,20,25-26H,16H2,1-2H3/t20-/m1/s1. The van der Waals surface area contributed by atoms with Crippen LogP contribution < -0.4 is 14.2 Å². The number of H-pyrrole nitrogens is 1. The van der Waals surface area contributed by atoms with Crippen molar-refractivity contribution < 1.29 is 17.9 Å². The molecule has 3 aromatic carbocycles. The maximum Gasteiger partial charge on any atom is 0.244 e. The quantitative estimate of drug-likeness (QED) is 0.432. The molecule has 2 N–H and O–H groups in total. The summed E-state index contributed by atoms with van der Waals surface area (Å²) >= 11 is 0. The number of fused-ring (bicyclic) bond motifs is 1. The van der Waals surface area contributed by atoms with Crippen LogP contribution >= 0.6 is 0 Å². The van der Waals surface area contributed by atoms with Crippen molar-refractivity contribution in [2.45, 2.75) is 10.8 Å². The molecule has 0 amide bonds. The zero-order chi connectivity index (χ0) is 21.8. The van der Waals surface area contributed by atoms with Crippen molar-refractivity contribution in [3.05, 3.63) is 90.1 Å². The first-order valence-electron chi connectivity index (χ1n) is 9.86. The fourth-order valence-corrected chi connectivity index (χ4v) is 4.97. The zero-order valence-corrected chi connectivity index (χ0v) is 18.1. The summed E-state index contributed by atoms with van der Waals surface area (Å²) < 4.78 is 39.6. The summed E-state index contributed by atoms with van der Waals surface area (Å²) in [6.45, 7) is 0.189. The summed E-state index contributed by atoms with van der Waals surface area (Å²) in [6, 6.07) is 22.6. The van der Waals surface area contributed by atoms with Crippen LogP contribution in [0, 0.1) is 0 Å². The molecule has 0 saturated carbocycles. The van der Waals surface area contributed by atoms with E-state index in [4.69, 9.17) is 9.47 Å². The first-order chi connectivity index (χ1) is 15.0. The van der Waals surface area contributed by atoms with Crippen LogP contribution in [0.2, 0.25) is 0 Å². The monoisotopic (exact) mass is 436 g/mol. The van der Waals surface area contributed by atoms with E-state index in [-0.39, 0.29) is 23.1 Å². The van der Waals surface area contributed by atoms with E-state index in [9.17, 15) is 8.42 Å². The highest BCUT2D eigenvalue weighted by Crippen LogP contribution is 2.32. The summed E-state index contributed by atoms with van der Waals surface area (Å²) in [6.07, 6.45) is 1.95. The molecule has 4 rings (SSSR count).